The smallest absolute Gasteiger partial charge is 0.275 e. The van der Waals surface area contributed by atoms with E-state index in [4.69, 9.17) is 0 Å². The maximum atomic E-state index is 13.0. The first-order chi connectivity index (χ1) is 11.0. The van der Waals surface area contributed by atoms with Gasteiger partial charge in [0, 0.05) is 31.4 Å². The molecule has 2 aromatic rings. The molecule has 2 unspecified atom stereocenters. The zero-order valence-electron chi connectivity index (χ0n) is 13.0. The van der Waals surface area contributed by atoms with Gasteiger partial charge in [0.05, 0.1) is 10.2 Å². The summed E-state index contributed by atoms with van der Waals surface area (Å²) < 4.78 is 15.2. The summed E-state index contributed by atoms with van der Waals surface area (Å²) in [5.41, 5.74) is 1.07. The van der Waals surface area contributed by atoms with Crippen LogP contribution >= 0.6 is 15.9 Å². The minimum atomic E-state index is -0.306. The Morgan fingerprint density at radius 2 is 2.04 bits per heavy atom. The van der Waals surface area contributed by atoms with Crippen LogP contribution in [0.1, 0.15) is 24.3 Å². The summed E-state index contributed by atoms with van der Waals surface area (Å²) in [4.78, 5) is 14.6. The van der Waals surface area contributed by atoms with Crippen molar-refractivity contribution >= 4 is 21.8 Å². The fraction of sp³-hybridized carbons (Fsp3) is 0.375. The lowest BCUT2D eigenvalue weighted by Gasteiger charge is -2.38. The zero-order valence-corrected chi connectivity index (χ0v) is 14.5. The van der Waals surface area contributed by atoms with Crippen molar-refractivity contribution in [1.82, 2.24) is 20.0 Å². The van der Waals surface area contributed by atoms with Gasteiger partial charge in [0.15, 0.2) is 5.69 Å². The van der Waals surface area contributed by atoms with Gasteiger partial charge in [-0.15, -0.1) is 0 Å². The van der Waals surface area contributed by atoms with Gasteiger partial charge in [0.25, 0.3) is 5.91 Å². The molecule has 7 heteroatoms. The lowest BCUT2D eigenvalue weighted by Crippen LogP contribution is -2.57. The highest BCUT2D eigenvalue weighted by Gasteiger charge is 2.31. The number of carbonyl (C=O) groups excluding carboxylic acids is 1. The molecule has 1 aromatic carbocycles. The first-order valence-electron chi connectivity index (χ1n) is 7.53. The molecule has 0 bridgehead atoms. The van der Waals surface area contributed by atoms with Gasteiger partial charge in [-0.05, 0) is 54.0 Å². The van der Waals surface area contributed by atoms with E-state index in [9.17, 15) is 9.18 Å². The highest BCUT2D eigenvalue weighted by atomic mass is 79.9. The predicted molar refractivity (Wildman–Crippen MR) is 89.2 cm³/mol. The normalized spacial score (nSPS) is 21.5. The SMILES string of the molecule is CC1NCCN(C(=O)c2nn(-c3ccc(F)cc3)cc2Br)C1C. The number of hydrogen-bond acceptors (Lipinski definition) is 3. The fourth-order valence-electron chi connectivity index (χ4n) is 2.70. The van der Waals surface area contributed by atoms with E-state index in [-0.39, 0.29) is 23.8 Å². The molecule has 0 saturated carbocycles. The molecule has 3 rings (SSSR count). The maximum Gasteiger partial charge on any atom is 0.275 e. The van der Waals surface area contributed by atoms with E-state index in [0.29, 0.717) is 22.4 Å². The molecule has 1 fully saturated rings. The van der Waals surface area contributed by atoms with Crippen LogP contribution in [0.3, 0.4) is 0 Å². The Balaban J connectivity index is 1.88. The number of carbonyl (C=O) groups is 1. The van der Waals surface area contributed by atoms with Crippen molar-refractivity contribution < 1.29 is 9.18 Å². The lowest BCUT2D eigenvalue weighted by molar-refractivity contribution is 0.0595. The molecule has 1 aliphatic rings. The molecule has 1 amide bonds. The van der Waals surface area contributed by atoms with E-state index in [2.05, 4.69) is 33.3 Å². The molecule has 0 radical (unpaired) electrons. The second-order valence-corrected chi connectivity index (χ2v) is 6.58. The van der Waals surface area contributed by atoms with Crippen molar-refractivity contribution in [2.24, 2.45) is 0 Å². The standard InChI is InChI=1S/C16H18BrFN4O/c1-10-11(2)21(8-7-19-10)16(23)15-14(17)9-22(20-15)13-5-3-12(18)4-6-13/h3-6,9-11,19H,7-8H2,1-2H3. The van der Waals surface area contributed by atoms with Crippen molar-refractivity contribution in [1.29, 1.82) is 0 Å². The molecule has 1 saturated heterocycles. The first-order valence-corrected chi connectivity index (χ1v) is 8.32. The van der Waals surface area contributed by atoms with Crippen LogP contribution in [0.4, 0.5) is 4.39 Å². The topological polar surface area (TPSA) is 50.2 Å². The molecule has 1 aromatic heterocycles. The molecule has 1 aliphatic heterocycles. The van der Waals surface area contributed by atoms with Gasteiger partial charge in [-0.1, -0.05) is 0 Å². The second-order valence-electron chi connectivity index (χ2n) is 5.73. The molecule has 0 aliphatic carbocycles. The number of halogens is 2. The number of rotatable bonds is 2. The molecule has 5 nitrogen and oxygen atoms in total. The summed E-state index contributed by atoms with van der Waals surface area (Å²) in [6, 6.07) is 6.32. The molecule has 122 valence electrons. The quantitative estimate of drug-likeness (QED) is 0.870. The van der Waals surface area contributed by atoms with Crippen molar-refractivity contribution in [2.75, 3.05) is 13.1 Å². The maximum absolute atomic E-state index is 13.0. The number of amides is 1. The number of nitrogens with one attached hydrogen (secondary N) is 1. The van der Waals surface area contributed by atoms with Crippen LogP contribution in [-0.2, 0) is 0 Å². The fourth-order valence-corrected chi connectivity index (χ4v) is 3.15. The summed E-state index contributed by atoms with van der Waals surface area (Å²) in [5, 5.41) is 7.73. The first kappa shape index (κ1) is 16.1. The van der Waals surface area contributed by atoms with Crippen molar-refractivity contribution in [3.8, 4) is 5.69 Å². The number of piperazine rings is 1. The third-order valence-electron chi connectivity index (χ3n) is 4.26. The van der Waals surface area contributed by atoms with Gasteiger partial charge in [0.2, 0.25) is 0 Å². The Hall–Kier alpha value is -1.73. The molecule has 0 spiro atoms. The Labute approximate surface area is 142 Å². The molecular weight excluding hydrogens is 363 g/mol. The highest BCUT2D eigenvalue weighted by molar-refractivity contribution is 9.10. The third kappa shape index (κ3) is 3.16. The predicted octanol–water partition coefficient (Wildman–Crippen LogP) is 2.60. The van der Waals surface area contributed by atoms with E-state index < -0.39 is 0 Å². The number of hydrogen-bond donors (Lipinski definition) is 1. The summed E-state index contributed by atoms with van der Waals surface area (Å²) in [5.74, 6) is -0.404. The second kappa shape index (κ2) is 6.41. The van der Waals surface area contributed by atoms with E-state index in [0.717, 1.165) is 6.54 Å². The Kier molecular flexibility index (Phi) is 4.50. The van der Waals surface area contributed by atoms with Crippen LogP contribution in [0.2, 0.25) is 0 Å². The van der Waals surface area contributed by atoms with E-state index in [1.165, 1.54) is 12.1 Å². The van der Waals surface area contributed by atoms with E-state index in [1.807, 2.05) is 11.8 Å². The monoisotopic (exact) mass is 380 g/mol. The van der Waals surface area contributed by atoms with Gasteiger partial charge < -0.3 is 10.2 Å². The Morgan fingerprint density at radius 1 is 1.35 bits per heavy atom. The number of benzene rings is 1. The summed E-state index contributed by atoms with van der Waals surface area (Å²) >= 11 is 3.41. The van der Waals surface area contributed by atoms with Gasteiger partial charge in [-0.2, -0.15) is 5.10 Å². The minimum Gasteiger partial charge on any atom is -0.332 e. The molecular formula is C16H18BrFN4O. The van der Waals surface area contributed by atoms with E-state index >= 15 is 0 Å². The largest absolute Gasteiger partial charge is 0.332 e. The Morgan fingerprint density at radius 3 is 2.74 bits per heavy atom. The van der Waals surface area contributed by atoms with Gasteiger partial charge in [0.1, 0.15) is 5.82 Å². The summed E-state index contributed by atoms with van der Waals surface area (Å²) in [6.45, 7) is 5.52. The molecule has 23 heavy (non-hydrogen) atoms. The zero-order chi connectivity index (χ0) is 16.6. The summed E-state index contributed by atoms with van der Waals surface area (Å²) in [6.07, 6.45) is 1.72. The lowest BCUT2D eigenvalue weighted by atomic mass is 10.1. The highest BCUT2D eigenvalue weighted by Crippen LogP contribution is 2.22. The average molecular weight is 381 g/mol. The Bertz CT molecular complexity index is 715. The van der Waals surface area contributed by atoms with Crippen molar-refractivity contribution in [3.05, 3.63) is 46.4 Å². The molecule has 1 N–H and O–H groups in total. The number of nitrogens with zero attached hydrogens (tertiary/aromatic N) is 3. The van der Waals surface area contributed by atoms with Crippen molar-refractivity contribution in [3.63, 3.8) is 0 Å². The minimum absolute atomic E-state index is 0.0964. The van der Waals surface area contributed by atoms with E-state index in [1.54, 1.807) is 23.0 Å². The van der Waals surface area contributed by atoms with Crippen LogP contribution in [0.5, 0.6) is 0 Å². The molecule has 2 heterocycles. The average Bonchev–Trinajstić information content (AvgIpc) is 2.92. The summed E-state index contributed by atoms with van der Waals surface area (Å²) in [7, 11) is 0. The van der Waals surface area contributed by atoms with Crippen LogP contribution in [0.25, 0.3) is 5.69 Å². The van der Waals surface area contributed by atoms with Gasteiger partial charge in [-0.3, -0.25) is 4.79 Å². The van der Waals surface area contributed by atoms with Gasteiger partial charge >= 0.3 is 0 Å². The van der Waals surface area contributed by atoms with Crippen LogP contribution in [-0.4, -0.2) is 45.8 Å². The molecule has 2 atom stereocenters. The van der Waals surface area contributed by atoms with Crippen LogP contribution in [0.15, 0.2) is 34.9 Å². The van der Waals surface area contributed by atoms with Crippen LogP contribution in [0, 0.1) is 5.82 Å². The van der Waals surface area contributed by atoms with Crippen LogP contribution < -0.4 is 5.32 Å². The number of aromatic nitrogens is 2. The third-order valence-corrected chi connectivity index (χ3v) is 4.84. The van der Waals surface area contributed by atoms with Crippen molar-refractivity contribution in [2.45, 2.75) is 25.9 Å². The van der Waals surface area contributed by atoms with Gasteiger partial charge in [-0.25, -0.2) is 9.07 Å².